The van der Waals surface area contributed by atoms with Crippen LogP contribution in [-0.2, 0) is 16.4 Å². The highest BCUT2D eigenvalue weighted by Gasteiger charge is 2.44. The number of carbonyl (C=O) groups excluding carboxylic acids is 1. The van der Waals surface area contributed by atoms with Gasteiger partial charge in [-0.1, -0.05) is 43.2 Å². The van der Waals surface area contributed by atoms with Gasteiger partial charge >= 0.3 is 6.18 Å². The molecule has 4 rings (SSSR count). The number of aromatic amines is 1. The smallest absolute Gasteiger partial charge is 0.325 e. The first kappa shape index (κ1) is 21.8. The molecule has 0 atom stereocenters. The summed E-state index contributed by atoms with van der Waals surface area (Å²) in [6, 6.07) is 13.3. The standard InChI is InChI=1S/C24H22F3N3O2/c1-15-12-20(31)30-21(28-15)16-6-4-9-19(13-16)29-22(32)23(10-2-3-11-23)17-7-5-8-18(14-17)24(25,26)27/h4-9,12-14H,2-3,10-11H2,1H3,(H,29,32)(H,28,30,31). The molecule has 2 N–H and O–H groups in total. The van der Waals surface area contributed by atoms with Crippen molar-refractivity contribution in [2.45, 2.75) is 44.2 Å². The molecule has 1 aromatic heterocycles. The average molecular weight is 441 g/mol. The summed E-state index contributed by atoms with van der Waals surface area (Å²) in [5, 5.41) is 2.88. The lowest BCUT2D eigenvalue weighted by atomic mass is 9.77. The monoisotopic (exact) mass is 441 g/mol. The lowest BCUT2D eigenvalue weighted by Gasteiger charge is -2.29. The second kappa shape index (κ2) is 8.26. The Kier molecular flexibility index (Phi) is 5.62. The van der Waals surface area contributed by atoms with Gasteiger partial charge in [-0.25, -0.2) is 4.98 Å². The minimum absolute atomic E-state index is 0.281. The first-order chi connectivity index (χ1) is 15.2. The van der Waals surface area contributed by atoms with E-state index in [1.807, 2.05) is 0 Å². The number of halogens is 3. The van der Waals surface area contributed by atoms with Gasteiger partial charge in [-0.15, -0.1) is 0 Å². The zero-order valence-corrected chi connectivity index (χ0v) is 17.4. The van der Waals surface area contributed by atoms with Gasteiger partial charge in [-0.2, -0.15) is 13.2 Å². The number of H-pyrrole nitrogens is 1. The number of hydrogen-bond acceptors (Lipinski definition) is 3. The Bertz CT molecular complexity index is 1210. The van der Waals surface area contributed by atoms with Crippen molar-refractivity contribution in [3.63, 3.8) is 0 Å². The van der Waals surface area contributed by atoms with Gasteiger partial charge in [0.05, 0.1) is 11.0 Å². The van der Waals surface area contributed by atoms with E-state index in [0.717, 1.165) is 25.0 Å². The lowest BCUT2D eigenvalue weighted by molar-refractivity contribution is -0.137. The highest BCUT2D eigenvalue weighted by molar-refractivity contribution is 5.99. The van der Waals surface area contributed by atoms with E-state index < -0.39 is 17.2 Å². The molecule has 166 valence electrons. The molecule has 1 fully saturated rings. The number of benzene rings is 2. The Morgan fingerprint density at radius 1 is 1.06 bits per heavy atom. The second-order valence-corrected chi connectivity index (χ2v) is 8.14. The van der Waals surface area contributed by atoms with Crippen molar-refractivity contribution in [1.29, 1.82) is 0 Å². The van der Waals surface area contributed by atoms with E-state index >= 15 is 0 Å². The van der Waals surface area contributed by atoms with Crippen LogP contribution in [0.4, 0.5) is 18.9 Å². The first-order valence-electron chi connectivity index (χ1n) is 10.3. The molecule has 32 heavy (non-hydrogen) atoms. The van der Waals surface area contributed by atoms with Crippen LogP contribution in [0.2, 0.25) is 0 Å². The molecule has 0 bridgehead atoms. The molecule has 8 heteroatoms. The van der Waals surface area contributed by atoms with Gasteiger partial charge in [0.2, 0.25) is 5.91 Å². The summed E-state index contributed by atoms with van der Waals surface area (Å²) < 4.78 is 39.8. The minimum atomic E-state index is -4.47. The summed E-state index contributed by atoms with van der Waals surface area (Å²) in [5.74, 6) is 0.0386. The number of aryl methyl sites for hydroxylation is 1. The largest absolute Gasteiger partial charge is 0.416 e. The maximum atomic E-state index is 13.4. The van der Waals surface area contributed by atoms with E-state index in [4.69, 9.17) is 0 Å². The van der Waals surface area contributed by atoms with Gasteiger partial charge in [-0.3, -0.25) is 9.59 Å². The van der Waals surface area contributed by atoms with E-state index in [1.54, 1.807) is 37.3 Å². The quantitative estimate of drug-likeness (QED) is 0.583. The number of aromatic nitrogens is 2. The number of rotatable bonds is 4. The third-order valence-electron chi connectivity index (χ3n) is 5.90. The maximum Gasteiger partial charge on any atom is 0.416 e. The Balaban J connectivity index is 1.66. The SMILES string of the molecule is Cc1cc(=O)[nH]c(-c2cccc(NC(=O)C3(c4cccc(C(F)(F)F)c4)CCCC3)c2)n1. The molecule has 1 aliphatic rings. The normalized spacial score (nSPS) is 15.5. The van der Waals surface area contributed by atoms with Crippen molar-refractivity contribution in [3.05, 3.63) is 81.8 Å². The molecule has 0 aliphatic heterocycles. The van der Waals surface area contributed by atoms with E-state index in [2.05, 4.69) is 15.3 Å². The van der Waals surface area contributed by atoms with Gasteiger partial charge in [0.1, 0.15) is 5.82 Å². The van der Waals surface area contributed by atoms with Gasteiger partial charge in [0.25, 0.3) is 5.56 Å². The van der Waals surface area contributed by atoms with Crippen molar-refractivity contribution in [2.24, 2.45) is 0 Å². The highest BCUT2D eigenvalue weighted by Crippen LogP contribution is 2.43. The van der Waals surface area contributed by atoms with Crippen LogP contribution in [-0.4, -0.2) is 15.9 Å². The Labute approximate surface area is 182 Å². The number of hydrogen-bond donors (Lipinski definition) is 2. The molecule has 0 radical (unpaired) electrons. The molecule has 3 aromatic rings. The molecule has 1 aliphatic carbocycles. The molecule has 0 spiro atoms. The molecule has 5 nitrogen and oxygen atoms in total. The third kappa shape index (κ3) is 4.30. The van der Waals surface area contributed by atoms with Crippen molar-refractivity contribution in [1.82, 2.24) is 9.97 Å². The van der Waals surface area contributed by atoms with Crippen molar-refractivity contribution >= 4 is 11.6 Å². The summed E-state index contributed by atoms with van der Waals surface area (Å²) in [5.41, 5.74) is -0.0246. The van der Waals surface area contributed by atoms with Gasteiger partial charge in [0.15, 0.2) is 0 Å². The summed E-state index contributed by atoms with van der Waals surface area (Å²) in [6.07, 6.45) is -1.99. The fourth-order valence-corrected chi connectivity index (χ4v) is 4.33. The predicted octanol–water partition coefficient (Wildman–Crippen LogP) is 5.21. The van der Waals surface area contributed by atoms with Crippen LogP contribution in [0.25, 0.3) is 11.4 Å². The Morgan fingerprint density at radius 3 is 2.47 bits per heavy atom. The van der Waals surface area contributed by atoms with E-state index in [0.29, 0.717) is 41.2 Å². The van der Waals surface area contributed by atoms with E-state index in [-0.39, 0.29) is 11.5 Å². The summed E-state index contributed by atoms with van der Waals surface area (Å²) in [4.78, 5) is 32.2. The topological polar surface area (TPSA) is 74.8 Å². The molecule has 0 saturated heterocycles. The molecule has 1 saturated carbocycles. The molecular weight excluding hydrogens is 419 g/mol. The van der Waals surface area contributed by atoms with Gasteiger partial charge in [0, 0.05) is 23.0 Å². The van der Waals surface area contributed by atoms with Crippen LogP contribution in [0.15, 0.2) is 59.4 Å². The lowest BCUT2D eigenvalue weighted by Crippen LogP contribution is -2.38. The summed E-state index contributed by atoms with van der Waals surface area (Å²) in [7, 11) is 0. The number of nitrogens with zero attached hydrogens (tertiary/aromatic N) is 1. The molecule has 2 aromatic carbocycles. The van der Waals surface area contributed by atoms with Crippen LogP contribution >= 0.6 is 0 Å². The second-order valence-electron chi connectivity index (χ2n) is 8.14. The minimum Gasteiger partial charge on any atom is -0.325 e. The fraction of sp³-hybridized carbons (Fsp3) is 0.292. The van der Waals surface area contributed by atoms with Crippen molar-refractivity contribution in [2.75, 3.05) is 5.32 Å². The van der Waals surface area contributed by atoms with Gasteiger partial charge in [-0.05, 0) is 43.5 Å². The Morgan fingerprint density at radius 2 is 1.78 bits per heavy atom. The van der Waals surface area contributed by atoms with Crippen LogP contribution in [0, 0.1) is 6.92 Å². The first-order valence-corrected chi connectivity index (χ1v) is 10.3. The fourth-order valence-electron chi connectivity index (χ4n) is 4.33. The maximum absolute atomic E-state index is 13.4. The van der Waals surface area contributed by atoms with Crippen LogP contribution in [0.3, 0.4) is 0 Å². The molecular formula is C24H22F3N3O2. The number of amides is 1. The zero-order valence-electron chi connectivity index (χ0n) is 17.4. The molecule has 1 heterocycles. The summed E-state index contributed by atoms with van der Waals surface area (Å²) >= 11 is 0. The average Bonchev–Trinajstić information content (AvgIpc) is 3.24. The number of anilines is 1. The molecule has 1 amide bonds. The zero-order chi connectivity index (χ0) is 22.9. The summed E-state index contributed by atoms with van der Waals surface area (Å²) in [6.45, 7) is 1.71. The van der Waals surface area contributed by atoms with Crippen LogP contribution in [0.5, 0.6) is 0 Å². The van der Waals surface area contributed by atoms with Gasteiger partial charge < -0.3 is 10.3 Å². The number of alkyl halides is 3. The van der Waals surface area contributed by atoms with Crippen LogP contribution in [0.1, 0.15) is 42.5 Å². The third-order valence-corrected chi connectivity index (χ3v) is 5.90. The van der Waals surface area contributed by atoms with E-state index in [9.17, 15) is 22.8 Å². The number of carbonyl (C=O) groups is 1. The van der Waals surface area contributed by atoms with Crippen molar-refractivity contribution < 1.29 is 18.0 Å². The highest BCUT2D eigenvalue weighted by atomic mass is 19.4. The Hall–Kier alpha value is -3.42. The van der Waals surface area contributed by atoms with Crippen LogP contribution < -0.4 is 10.9 Å². The predicted molar refractivity (Wildman–Crippen MR) is 115 cm³/mol. The number of nitrogens with one attached hydrogen (secondary N) is 2. The molecule has 0 unspecified atom stereocenters. The van der Waals surface area contributed by atoms with E-state index in [1.165, 1.54) is 12.1 Å². The van der Waals surface area contributed by atoms with Crippen molar-refractivity contribution in [3.8, 4) is 11.4 Å².